The Labute approximate surface area is 105 Å². The molecule has 0 amide bonds. The van der Waals surface area contributed by atoms with Crippen molar-refractivity contribution in [2.24, 2.45) is 5.73 Å². The summed E-state index contributed by atoms with van der Waals surface area (Å²) in [6.45, 7) is 2.02. The van der Waals surface area contributed by atoms with Gasteiger partial charge in [0.25, 0.3) is 0 Å². The number of aromatic nitrogens is 1. The van der Waals surface area contributed by atoms with Gasteiger partial charge in [0.15, 0.2) is 0 Å². The van der Waals surface area contributed by atoms with Crippen LogP contribution >= 0.6 is 11.3 Å². The molecule has 0 radical (unpaired) electrons. The summed E-state index contributed by atoms with van der Waals surface area (Å²) >= 11 is 1.63. The summed E-state index contributed by atoms with van der Waals surface area (Å²) in [5.41, 5.74) is 8.81. The first-order chi connectivity index (χ1) is 8.13. The molecule has 0 saturated carbocycles. The van der Waals surface area contributed by atoms with Gasteiger partial charge < -0.3 is 10.5 Å². The van der Waals surface area contributed by atoms with Gasteiger partial charge in [0.2, 0.25) is 0 Å². The first-order valence-corrected chi connectivity index (χ1v) is 6.31. The lowest BCUT2D eigenvalue weighted by atomic mass is 9.88. The summed E-state index contributed by atoms with van der Waals surface area (Å²) in [6.07, 6.45) is 2.63. The lowest BCUT2D eigenvalue weighted by Gasteiger charge is -2.26. The smallest absolute Gasteiger partial charge is 0.123 e. The number of ether oxygens (including phenoxy) is 1. The van der Waals surface area contributed by atoms with Crippen molar-refractivity contribution in [2.75, 3.05) is 7.11 Å². The maximum absolute atomic E-state index is 6.40. The monoisotopic (exact) mass is 248 g/mol. The predicted molar refractivity (Wildman–Crippen MR) is 70.4 cm³/mol. The molecule has 3 nitrogen and oxygen atoms in total. The number of para-hydroxylation sites is 1. The molecule has 0 aliphatic carbocycles. The number of methoxy groups -OCH3 is 1. The van der Waals surface area contributed by atoms with Crippen LogP contribution in [0.3, 0.4) is 0 Å². The molecule has 0 aliphatic heterocycles. The number of nitrogens with two attached hydrogens (primary N) is 1. The van der Waals surface area contributed by atoms with Gasteiger partial charge in [-0.3, -0.25) is 4.98 Å². The highest BCUT2D eigenvalue weighted by Gasteiger charge is 2.25. The molecule has 1 aromatic heterocycles. The van der Waals surface area contributed by atoms with Gasteiger partial charge in [-0.05, 0) is 13.0 Å². The Kier molecular flexibility index (Phi) is 3.45. The Hall–Kier alpha value is -1.39. The SMILES string of the molecule is COc1ccccc1C(C)(N)Cc1cncs1. The highest BCUT2D eigenvalue weighted by molar-refractivity contribution is 7.09. The Bertz CT molecular complexity index is 480. The maximum atomic E-state index is 6.40. The molecule has 0 aliphatic rings. The fourth-order valence-corrected chi connectivity index (χ4v) is 2.67. The van der Waals surface area contributed by atoms with Crippen molar-refractivity contribution >= 4 is 11.3 Å². The van der Waals surface area contributed by atoms with E-state index in [9.17, 15) is 0 Å². The first kappa shape index (κ1) is 12.1. The van der Waals surface area contributed by atoms with Crippen molar-refractivity contribution in [1.29, 1.82) is 0 Å². The van der Waals surface area contributed by atoms with Crippen LogP contribution in [-0.4, -0.2) is 12.1 Å². The van der Waals surface area contributed by atoms with E-state index in [1.807, 2.05) is 42.9 Å². The molecule has 1 aromatic carbocycles. The normalized spacial score (nSPS) is 14.3. The third-order valence-corrected chi connectivity index (χ3v) is 3.53. The fraction of sp³-hybridized carbons (Fsp3) is 0.308. The zero-order valence-corrected chi connectivity index (χ0v) is 10.8. The summed E-state index contributed by atoms with van der Waals surface area (Å²) < 4.78 is 5.36. The Morgan fingerprint density at radius 2 is 2.18 bits per heavy atom. The van der Waals surface area contributed by atoms with Crippen molar-refractivity contribution in [3.8, 4) is 5.75 Å². The molecule has 0 fully saturated rings. The van der Waals surface area contributed by atoms with E-state index in [1.54, 1.807) is 18.4 Å². The van der Waals surface area contributed by atoms with E-state index >= 15 is 0 Å². The molecule has 2 N–H and O–H groups in total. The van der Waals surface area contributed by atoms with E-state index in [-0.39, 0.29) is 0 Å². The molecule has 4 heteroatoms. The minimum Gasteiger partial charge on any atom is -0.496 e. The quantitative estimate of drug-likeness (QED) is 0.904. The maximum Gasteiger partial charge on any atom is 0.123 e. The van der Waals surface area contributed by atoms with Crippen molar-refractivity contribution in [3.63, 3.8) is 0 Å². The van der Waals surface area contributed by atoms with Crippen LogP contribution in [0.2, 0.25) is 0 Å². The second kappa shape index (κ2) is 4.85. The van der Waals surface area contributed by atoms with Crippen LogP contribution in [0, 0.1) is 0 Å². The van der Waals surface area contributed by atoms with Gasteiger partial charge in [-0.1, -0.05) is 18.2 Å². The van der Waals surface area contributed by atoms with Gasteiger partial charge >= 0.3 is 0 Å². The van der Waals surface area contributed by atoms with E-state index in [4.69, 9.17) is 10.5 Å². The third kappa shape index (κ3) is 2.65. The second-order valence-corrected chi connectivity index (χ2v) is 5.23. The van der Waals surface area contributed by atoms with Crippen LogP contribution in [0.5, 0.6) is 5.75 Å². The zero-order chi connectivity index (χ0) is 12.3. The van der Waals surface area contributed by atoms with Gasteiger partial charge in [0, 0.05) is 28.6 Å². The van der Waals surface area contributed by atoms with Crippen molar-refractivity contribution in [3.05, 3.63) is 46.4 Å². The number of rotatable bonds is 4. The highest BCUT2D eigenvalue weighted by Crippen LogP contribution is 2.31. The number of thiazole rings is 1. The number of hydrogen-bond donors (Lipinski definition) is 1. The lowest BCUT2D eigenvalue weighted by molar-refractivity contribution is 0.387. The van der Waals surface area contributed by atoms with Crippen molar-refractivity contribution in [2.45, 2.75) is 18.9 Å². The minimum absolute atomic E-state index is 0.445. The molecule has 1 atom stereocenters. The fourth-order valence-electron chi connectivity index (χ4n) is 1.90. The molecule has 1 heterocycles. The Morgan fingerprint density at radius 3 is 2.82 bits per heavy atom. The predicted octanol–water partition coefficient (Wildman–Crippen LogP) is 2.57. The van der Waals surface area contributed by atoms with Crippen LogP contribution in [0.15, 0.2) is 36.0 Å². The average Bonchev–Trinajstić information content (AvgIpc) is 2.81. The van der Waals surface area contributed by atoms with Gasteiger partial charge in [0.05, 0.1) is 12.6 Å². The summed E-state index contributed by atoms with van der Waals surface area (Å²) in [7, 11) is 1.67. The molecule has 0 spiro atoms. The van der Waals surface area contributed by atoms with Crippen LogP contribution < -0.4 is 10.5 Å². The van der Waals surface area contributed by atoms with Crippen molar-refractivity contribution in [1.82, 2.24) is 4.98 Å². The highest BCUT2D eigenvalue weighted by atomic mass is 32.1. The van der Waals surface area contributed by atoms with Crippen LogP contribution in [0.1, 0.15) is 17.4 Å². The topological polar surface area (TPSA) is 48.1 Å². The number of benzene rings is 1. The number of hydrogen-bond acceptors (Lipinski definition) is 4. The van der Waals surface area contributed by atoms with E-state index in [2.05, 4.69) is 4.98 Å². The van der Waals surface area contributed by atoms with Crippen molar-refractivity contribution < 1.29 is 4.74 Å². The van der Waals surface area contributed by atoms with Crippen LogP contribution in [-0.2, 0) is 12.0 Å². The molecule has 1 unspecified atom stereocenters. The minimum atomic E-state index is -0.445. The van der Waals surface area contributed by atoms with E-state index in [0.29, 0.717) is 0 Å². The summed E-state index contributed by atoms with van der Waals surface area (Å²) in [4.78, 5) is 5.26. The van der Waals surface area contributed by atoms with Gasteiger partial charge in [0.1, 0.15) is 5.75 Å². The Morgan fingerprint density at radius 1 is 1.41 bits per heavy atom. The molecular weight excluding hydrogens is 232 g/mol. The molecular formula is C13H16N2OS. The van der Waals surface area contributed by atoms with E-state index in [1.165, 1.54) is 4.88 Å². The summed E-state index contributed by atoms with van der Waals surface area (Å²) in [5, 5.41) is 0. The van der Waals surface area contributed by atoms with E-state index < -0.39 is 5.54 Å². The third-order valence-electron chi connectivity index (χ3n) is 2.75. The van der Waals surface area contributed by atoms with Gasteiger partial charge in [-0.15, -0.1) is 11.3 Å². The second-order valence-electron chi connectivity index (χ2n) is 4.26. The molecule has 2 rings (SSSR count). The first-order valence-electron chi connectivity index (χ1n) is 5.43. The summed E-state index contributed by atoms with van der Waals surface area (Å²) in [6, 6.07) is 7.88. The largest absolute Gasteiger partial charge is 0.496 e. The van der Waals surface area contributed by atoms with E-state index in [0.717, 1.165) is 17.7 Å². The van der Waals surface area contributed by atoms with Gasteiger partial charge in [-0.25, -0.2) is 0 Å². The Balaban J connectivity index is 2.30. The number of nitrogens with zero attached hydrogens (tertiary/aromatic N) is 1. The van der Waals surface area contributed by atoms with Crippen LogP contribution in [0.4, 0.5) is 0 Å². The summed E-state index contributed by atoms with van der Waals surface area (Å²) in [5.74, 6) is 0.835. The molecule has 0 saturated heterocycles. The van der Waals surface area contributed by atoms with Gasteiger partial charge in [-0.2, -0.15) is 0 Å². The molecule has 17 heavy (non-hydrogen) atoms. The zero-order valence-electron chi connectivity index (χ0n) is 10.0. The molecule has 0 bridgehead atoms. The average molecular weight is 248 g/mol. The standard InChI is InChI=1S/C13H16N2OS/c1-13(14,7-10-8-15-9-17-10)11-5-3-4-6-12(11)16-2/h3-6,8-9H,7,14H2,1-2H3. The molecule has 2 aromatic rings. The lowest BCUT2D eigenvalue weighted by Crippen LogP contribution is -2.35. The van der Waals surface area contributed by atoms with Crippen LogP contribution in [0.25, 0.3) is 0 Å². The molecule has 90 valence electrons.